The van der Waals surface area contributed by atoms with E-state index < -0.39 is 0 Å². The molecule has 1 rings (SSSR count). The number of allylic oxidation sites excluding steroid dienone is 2. The average Bonchev–Trinajstić information content (AvgIpc) is 2.09. The van der Waals surface area contributed by atoms with E-state index >= 15 is 0 Å². The van der Waals surface area contributed by atoms with Crippen molar-refractivity contribution in [3.63, 3.8) is 0 Å². The SMILES string of the molecule is CCCC1=C(C)C=CC(OC)C1. The van der Waals surface area contributed by atoms with Crippen LogP contribution in [0.2, 0.25) is 0 Å². The molecule has 1 nitrogen and oxygen atoms in total. The van der Waals surface area contributed by atoms with E-state index in [2.05, 4.69) is 26.0 Å². The predicted octanol–water partition coefficient (Wildman–Crippen LogP) is 3.08. The molecular weight excluding hydrogens is 148 g/mol. The molecule has 0 saturated carbocycles. The Bertz CT molecular complexity index is 201. The Morgan fingerprint density at radius 1 is 1.58 bits per heavy atom. The van der Waals surface area contributed by atoms with Crippen molar-refractivity contribution in [2.24, 2.45) is 0 Å². The first-order valence-corrected chi connectivity index (χ1v) is 4.67. The van der Waals surface area contributed by atoms with Crippen LogP contribution in [0.1, 0.15) is 33.1 Å². The molecule has 1 atom stereocenters. The van der Waals surface area contributed by atoms with Gasteiger partial charge in [-0.15, -0.1) is 0 Å². The van der Waals surface area contributed by atoms with Crippen LogP contribution < -0.4 is 0 Å². The fourth-order valence-corrected chi connectivity index (χ4v) is 1.60. The van der Waals surface area contributed by atoms with Crippen LogP contribution in [0.25, 0.3) is 0 Å². The van der Waals surface area contributed by atoms with Gasteiger partial charge in [-0.05, 0) is 19.8 Å². The number of hydrogen-bond acceptors (Lipinski definition) is 1. The van der Waals surface area contributed by atoms with Gasteiger partial charge >= 0.3 is 0 Å². The van der Waals surface area contributed by atoms with E-state index in [4.69, 9.17) is 4.74 Å². The van der Waals surface area contributed by atoms with Gasteiger partial charge in [0.2, 0.25) is 0 Å². The van der Waals surface area contributed by atoms with Crippen molar-refractivity contribution in [1.82, 2.24) is 0 Å². The fourth-order valence-electron chi connectivity index (χ4n) is 1.60. The van der Waals surface area contributed by atoms with E-state index in [9.17, 15) is 0 Å². The number of ether oxygens (including phenoxy) is 1. The van der Waals surface area contributed by atoms with Crippen LogP contribution in [0.3, 0.4) is 0 Å². The third kappa shape index (κ3) is 2.21. The summed E-state index contributed by atoms with van der Waals surface area (Å²) in [6.07, 6.45) is 8.19. The molecule has 0 heterocycles. The minimum atomic E-state index is 0.315. The van der Waals surface area contributed by atoms with Crippen LogP contribution in [0.5, 0.6) is 0 Å². The topological polar surface area (TPSA) is 9.23 Å². The fraction of sp³-hybridized carbons (Fsp3) is 0.636. The van der Waals surface area contributed by atoms with Crippen molar-refractivity contribution in [3.05, 3.63) is 23.3 Å². The van der Waals surface area contributed by atoms with Crippen LogP contribution in [0.4, 0.5) is 0 Å². The van der Waals surface area contributed by atoms with Gasteiger partial charge in [-0.2, -0.15) is 0 Å². The van der Waals surface area contributed by atoms with Crippen LogP contribution >= 0.6 is 0 Å². The van der Waals surface area contributed by atoms with Crippen molar-refractivity contribution in [1.29, 1.82) is 0 Å². The molecule has 0 fully saturated rings. The van der Waals surface area contributed by atoms with Gasteiger partial charge in [0, 0.05) is 7.11 Å². The quantitative estimate of drug-likeness (QED) is 0.626. The summed E-state index contributed by atoms with van der Waals surface area (Å²) in [6, 6.07) is 0. The van der Waals surface area contributed by atoms with Crippen molar-refractivity contribution >= 4 is 0 Å². The van der Waals surface area contributed by atoms with E-state index in [1.165, 1.54) is 18.4 Å². The minimum Gasteiger partial charge on any atom is -0.377 e. The Hall–Kier alpha value is -0.560. The Morgan fingerprint density at radius 2 is 2.33 bits per heavy atom. The van der Waals surface area contributed by atoms with Crippen LogP contribution in [0, 0.1) is 0 Å². The summed E-state index contributed by atoms with van der Waals surface area (Å²) in [7, 11) is 1.78. The molecule has 0 amide bonds. The maximum Gasteiger partial charge on any atom is 0.0792 e. The second-order valence-electron chi connectivity index (χ2n) is 3.37. The van der Waals surface area contributed by atoms with Crippen LogP contribution in [-0.2, 0) is 4.74 Å². The first-order chi connectivity index (χ1) is 5.77. The summed E-state index contributed by atoms with van der Waals surface area (Å²) in [6.45, 7) is 4.41. The summed E-state index contributed by atoms with van der Waals surface area (Å²) < 4.78 is 5.30. The molecule has 0 radical (unpaired) electrons. The van der Waals surface area contributed by atoms with Crippen molar-refractivity contribution in [3.8, 4) is 0 Å². The van der Waals surface area contributed by atoms with Gasteiger partial charge in [-0.1, -0.05) is 36.6 Å². The predicted molar refractivity (Wildman–Crippen MR) is 52.2 cm³/mol. The lowest BCUT2D eigenvalue weighted by Gasteiger charge is -2.19. The Balaban J connectivity index is 2.62. The maximum absolute atomic E-state index is 5.30. The lowest BCUT2D eigenvalue weighted by molar-refractivity contribution is 0.139. The molecule has 12 heavy (non-hydrogen) atoms. The van der Waals surface area contributed by atoms with Gasteiger partial charge in [-0.25, -0.2) is 0 Å². The van der Waals surface area contributed by atoms with Gasteiger partial charge in [0.05, 0.1) is 6.10 Å². The molecule has 0 spiro atoms. The Kier molecular flexibility index (Phi) is 3.54. The minimum absolute atomic E-state index is 0.315. The molecule has 68 valence electrons. The van der Waals surface area contributed by atoms with E-state index in [1.54, 1.807) is 12.7 Å². The largest absolute Gasteiger partial charge is 0.377 e. The zero-order chi connectivity index (χ0) is 8.97. The molecule has 0 aromatic carbocycles. The molecule has 0 aliphatic heterocycles. The van der Waals surface area contributed by atoms with Gasteiger partial charge < -0.3 is 4.74 Å². The monoisotopic (exact) mass is 166 g/mol. The normalized spacial score (nSPS) is 23.4. The van der Waals surface area contributed by atoms with E-state index in [1.807, 2.05) is 0 Å². The molecule has 1 heteroatoms. The molecule has 0 aromatic rings. The smallest absolute Gasteiger partial charge is 0.0792 e. The van der Waals surface area contributed by atoms with Gasteiger partial charge in [0.15, 0.2) is 0 Å². The number of hydrogen-bond donors (Lipinski definition) is 0. The molecule has 0 saturated heterocycles. The van der Waals surface area contributed by atoms with Gasteiger partial charge in [0.1, 0.15) is 0 Å². The zero-order valence-corrected chi connectivity index (χ0v) is 8.26. The lowest BCUT2D eigenvalue weighted by Crippen LogP contribution is -2.12. The lowest BCUT2D eigenvalue weighted by atomic mass is 9.93. The highest BCUT2D eigenvalue weighted by atomic mass is 16.5. The van der Waals surface area contributed by atoms with Crippen molar-refractivity contribution in [2.45, 2.75) is 39.2 Å². The highest BCUT2D eigenvalue weighted by Crippen LogP contribution is 2.24. The Morgan fingerprint density at radius 3 is 2.92 bits per heavy atom. The molecule has 0 aromatic heterocycles. The summed E-state index contributed by atoms with van der Waals surface area (Å²) in [5, 5.41) is 0. The maximum atomic E-state index is 5.30. The number of rotatable bonds is 3. The molecule has 1 unspecified atom stereocenters. The van der Waals surface area contributed by atoms with Crippen LogP contribution in [0.15, 0.2) is 23.3 Å². The van der Waals surface area contributed by atoms with E-state index in [0.29, 0.717) is 6.10 Å². The van der Waals surface area contributed by atoms with Crippen molar-refractivity contribution in [2.75, 3.05) is 7.11 Å². The molecule has 1 aliphatic rings. The number of methoxy groups -OCH3 is 1. The van der Waals surface area contributed by atoms with Gasteiger partial charge in [-0.3, -0.25) is 0 Å². The van der Waals surface area contributed by atoms with E-state index in [0.717, 1.165) is 6.42 Å². The third-order valence-corrected chi connectivity index (χ3v) is 2.42. The molecular formula is C11H18O. The van der Waals surface area contributed by atoms with Gasteiger partial charge in [0.25, 0.3) is 0 Å². The summed E-state index contributed by atoms with van der Waals surface area (Å²) in [4.78, 5) is 0. The first-order valence-electron chi connectivity index (χ1n) is 4.67. The van der Waals surface area contributed by atoms with Crippen LogP contribution in [-0.4, -0.2) is 13.2 Å². The highest BCUT2D eigenvalue weighted by molar-refractivity contribution is 5.29. The third-order valence-electron chi connectivity index (χ3n) is 2.42. The highest BCUT2D eigenvalue weighted by Gasteiger charge is 2.12. The van der Waals surface area contributed by atoms with Crippen molar-refractivity contribution < 1.29 is 4.74 Å². The molecule has 0 bridgehead atoms. The average molecular weight is 166 g/mol. The molecule has 0 N–H and O–H groups in total. The second kappa shape index (κ2) is 4.46. The summed E-state index contributed by atoms with van der Waals surface area (Å²) >= 11 is 0. The van der Waals surface area contributed by atoms with E-state index in [-0.39, 0.29) is 0 Å². The second-order valence-corrected chi connectivity index (χ2v) is 3.37. The standard InChI is InChI=1S/C11H18O/c1-4-5-10-8-11(12-3)7-6-9(10)2/h6-7,11H,4-5,8H2,1-3H3. The Labute approximate surface area is 75.1 Å². The molecule has 1 aliphatic carbocycles. The summed E-state index contributed by atoms with van der Waals surface area (Å²) in [5.74, 6) is 0. The summed E-state index contributed by atoms with van der Waals surface area (Å²) in [5.41, 5.74) is 3.00. The zero-order valence-electron chi connectivity index (χ0n) is 8.26. The first kappa shape index (κ1) is 9.53.